The quantitative estimate of drug-likeness (QED) is 0.926. The monoisotopic (exact) mass is 332 g/mol. The van der Waals surface area contributed by atoms with Gasteiger partial charge in [-0.25, -0.2) is 18.9 Å². The molecule has 0 bridgehead atoms. The fourth-order valence-corrected chi connectivity index (χ4v) is 2.87. The van der Waals surface area contributed by atoms with Crippen LogP contribution < -0.4 is 0 Å². The lowest BCUT2D eigenvalue weighted by molar-refractivity contribution is -0.143. The number of benzene rings is 1. The van der Waals surface area contributed by atoms with E-state index in [0.717, 1.165) is 12.8 Å². The molecule has 1 N–H and O–H groups in total. The van der Waals surface area contributed by atoms with Gasteiger partial charge in [0.1, 0.15) is 17.7 Å². The molecule has 0 spiro atoms. The third-order valence-electron chi connectivity index (χ3n) is 4.08. The number of hydrogen-bond acceptors (Lipinski definition) is 4. The van der Waals surface area contributed by atoms with Crippen molar-refractivity contribution < 1.29 is 19.1 Å². The molecular weight excluding hydrogens is 315 g/mol. The SMILES string of the molecule is Cc1nc(C(=O)N2CCCC[C@@H]2C(=O)O)nn1-c1ccc(F)cc1. The first-order valence-electron chi connectivity index (χ1n) is 7.71. The Morgan fingerprint density at radius 2 is 1.96 bits per heavy atom. The topological polar surface area (TPSA) is 88.3 Å². The highest BCUT2D eigenvalue weighted by Crippen LogP contribution is 2.20. The Hall–Kier alpha value is -2.77. The van der Waals surface area contributed by atoms with Crippen molar-refractivity contribution in [2.24, 2.45) is 0 Å². The average molecular weight is 332 g/mol. The number of piperidine rings is 1. The number of rotatable bonds is 3. The molecule has 126 valence electrons. The number of nitrogens with zero attached hydrogens (tertiary/aromatic N) is 4. The Bertz CT molecular complexity index is 772. The average Bonchev–Trinajstić information content (AvgIpc) is 2.96. The van der Waals surface area contributed by atoms with Gasteiger partial charge < -0.3 is 10.0 Å². The summed E-state index contributed by atoms with van der Waals surface area (Å²) in [5.74, 6) is -1.46. The number of halogens is 1. The van der Waals surface area contributed by atoms with Crippen LogP contribution in [0, 0.1) is 12.7 Å². The maximum absolute atomic E-state index is 13.0. The van der Waals surface area contributed by atoms with E-state index in [0.29, 0.717) is 24.5 Å². The maximum Gasteiger partial charge on any atom is 0.326 e. The van der Waals surface area contributed by atoms with Crippen molar-refractivity contribution in [3.05, 3.63) is 41.7 Å². The first-order valence-corrected chi connectivity index (χ1v) is 7.71. The molecule has 1 aromatic heterocycles. The standard InChI is InChI=1S/C16H17FN4O3/c1-10-18-14(19-21(10)12-7-5-11(17)6-8-12)15(22)20-9-3-2-4-13(20)16(23)24/h5-8,13H,2-4,9H2,1H3,(H,23,24)/t13-/m1/s1. The van der Waals surface area contributed by atoms with Crippen molar-refractivity contribution in [3.63, 3.8) is 0 Å². The maximum atomic E-state index is 13.0. The second-order valence-electron chi connectivity index (χ2n) is 5.72. The number of carbonyl (C=O) groups excluding carboxylic acids is 1. The Labute approximate surface area is 137 Å². The molecule has 7 nitrogen and oxygen atoms in total. The van der Waals surface area contributed by atoms with E-state index in [1.807, 2.05) is 0 Å². The lowest BCUT2D eigenvalue weighted by Crippen LogP contribution is -2.48. The molecule has 1 atom stereocenters. The van der Waals surface area contributed by atoms with Crippen molar-refractivity contribution in [3.8, 4) is 5.69 Å². The van der Waals surface area contributed by atoms with Crippen LogP contribution in [0.2, 0.25) is 0 Å². The van der Waals surface area contributed by atoms with Crippen LogP contribution in [0.4, 0.5) is 4.39 Å². The van der Waals surface area contributed by atoms with Gasteiger partial charge in [0, 0.05) is 6.54 Å². The number of likely N-dealkylation sites (tertiary alicyclic amines) is 1. The summed E-state index contributed by atoms with van der Waals surface area (Å²) in [6.07, 6.45) is 1.96. The fraction of sp³-hybridized carbons (Fsp3) is 0.375. The predicted octanol–water partition coefficient (Wildman–Crippen LogP) is 1.79. The number of carbonyl (C=O) groups is 2. The molecule has 1 aromatic carbocycles. The molecular formula is C16H17FN4O3. The largest absolute Gasteiger partial charge is 0.480 e. The normalized spacial score (nSPS) is 17.8. The van der Waals surface area contributed by atoms with Crippen molar-refractivity contribution in [1.82, 2.24) is 19.7 Å². The summed E-state index contributed by atoms with van der Waals surface area (Å²) in [4.78, 5) is 29.4. The molecule has 1 amide bonds. The van der Waals surface area contributed by atoms with Crippen molar-refractivity contribution >= 4 is 11.9 Å². The highest BCUT2D eigenvalue weighted by atomic mass is 19.1. The summed E-state index contributed by atoms with van der Waals surface area (Å²) in [5.41, 5.74) is 0.578. The van der Waals surface area contributed by atoms with Crippen LogP contribution in [-0.2, 0) is 4.79 Å². The summed E-state index contributed by atoms with van der Waals surface area (Å²) in [6, 6.07) is 4.81. The second-order valence-corrected chi connectivity index (χ2v) is 5.72. The van der Waals surface area contributed by atoms with Gasteiger partial charge in [-0.1, -0.05) is 0 Å². The number of hydrogen-bond donors (Lipinski definition) is 1. The molecule has 2 aromatic rings. The van der Waals surface area contributed by atoms with E-state index in [2.05, 4.69) is 10.1 Å². The van der Waals surface area contributed by atoms with Gasteiger partial charge in [0.05, 0.1) is 5.69 Å². The van der Waals surface area contributed by atoms with E-state index >= 15 is 0 Å². The zero-order valence-corrected chi connectivity index (χ0v) is 13.1. The van der Waals surface area contributed by atoms with Gasteiger partial charge in [-0.05, 0) is 50.5 Å². The van der Waals surface area contributed by atoms with Gasteiger partial charge in [-0.15, -0.1) is 5.10 Å². The van der Waals surface area contributed by atoms with E-state index in [-0.39, 0.29) is 11.6 Å². The lowest BCUT2D eigenvalue weighted by atomic mass is 10.0. The Balaban J connectivity index is 1.89. The highest BCUT2D eigenvalue weighted by molar-refractivity contribution is 5.93. The minimum Gasteiger partial charge on any atom is -0.480 e. The van der Waals surface area contributed by atoms with Gasteiger partial charge >= 0.3 is 5.97 Å². The van der Waals surface area contributed by atoms with Crippen LogP contribution in [0.3, 0.4) is 0 Å². The summed E-state index contributed by atoms with van der Waals surface area (Å²) in [5, 5.41) is 13.5. The van der Waals surface area contributed by atoms with E-state index < -0.39 is 17.9 Å². The number of amides is 1. The molecule has 0 radical (unpaired) electrons. The third-order valence-corrected chi connectivity index (χ3v) is 4.08. The lowest BCUT2D eigenvalue weighted by Gasteiger charge is -2.31. The number of aromatic nitrogens is 3. The van der Waals surface area contributed by atoms with Gasteiger partial charge in [-0.2, -0.15) is 0 Å². The molecule has 0 saturated carbocycles. The minimum absolute atomic E-state index is 0.0509. The molecule has 3 rings (SSSR count). The minimum atomic E-state index is -1.02. The van der Waals surface area contributed by atoms with Gasteiger partial charge in [0.25, 0.3) is 5.91 Å². The van der Waals surface area contributed by atoms with Gasteiger partial charge in [0.15, 0.2) is 0 Å². The van der Waals surface area contributed by atoms with Crippen molar-refractivity contribution in [2.75, 3.05) is 6.54 Å². The molecule has 24 heavy (non-hydrogen) atoms. The van der Waals surface area contributed by atoms with Gasteiger partial charge in [-0.3, -0.25) is 4.79 Å². The fourth-order valence-electron chi connectivity index (χ4n) is 2.87. The first kappa shape index (κ1) is 16.1. The van der Waals surface area contributed by atoms with Crippen LogP contribution in [0.15, 0.2) is 24.3 Å². The Morgan fingerprint density at radius 3 is 2.62 bits per heavy atom. The van der Waals surface area contributed by atoms with Gasteiger partial charge in [0.2, 0.25) is 5.82 Å². The summed E-state index contributed by atoms with van der Waals surface area (Å²) in [7, 11) is 0. The van der Waals surface area contributed by atoms with E-state index in [1.165, 1.54) is 33.8 Å². The number of carboxylic acids is 1. The van der Waals surface area contributed by atoms with E-state index in [9.17, 15) is 19.1 Å². The summed E-state index contributed by atoms with van der Waals surface area (Å²) < 4.78 is 14.5. The zero-order chi connectivity index (χ0) is 17.3. The summed E-state index contributed by atoms with van der Waals surface area (Å²) in [6.45, 7) is 2.05. The number of aryl methyl sites for hydroxylation is 1. The molecule has 1 aliphatic rings. The summed E-state index contributed by atoms with van der Waals surface area (Å²) >= 11 is 0. The molecule has 0 unspecified atom stereocenters. The van der Waals surface area contributed by atoms with E-state index in [4.69, 9.17) is 0 Å². The zero-order valence-electron chi connectivity index (χ0n) is 13.1. The van der Waals surface area contributed by atoms with Crippen LogP contribution in [0.1, 0.15) is 35.7 Å². The molecule has 0 aliphatic carbocycles. The molecule has 1 saturated heterocycles. The highest BCUT2D eigenvalue weighted by Gasteiger charge is 2.34. The van der Waals surface area contributed by atoms with Crippen molar-refractivity contribution in [1.29, 1.82) is 0 Å². The van der Waals surface area contributed by atoms with Crippen LogP contribution in [0.5, 0.6) is 0 Å². The second kappa shape index (κ2) is 6.38. The Kier molecular flexibility index (Phi) is 4.28. The Morgan fingerprint density at radius 1 is 1.25 bits per heavy atom. The third kappa shape index (κ3) is 2.99. The van der Waals surface area contributed by atoms with Crippen LogP contribution in [0.25, 0.3) is 5.69 Å². The van der Waals surface area contributed by atoms with Crippen molar-refractivity contribution in [2.45, 2.75) is 32.2 Å². The first-order chi connectivity index (χ1) is 11.5. The van der Waals surface area contributed by atoms with Crippen LogP contribution in [-0.4, -0.2) is 49.2 Å². The molecule has 1 aliphatic heterocycles. The molecule has 2 heterocycles. The van der Waals surface area contributed by atoms with E-state index in [1.54, 1.807) is 6.92 Å². The number of carboxylic acid groups (broad SMARTS) is 1. The van der Waals surface area contributed by atoms with Crippen LogP contribution >= 0.6 is 0 Å². The molecule has 8 heteroatoms. The smallest absolute Gasteiger partial charge is 0.326 e. The number of aliphatic carboxylic acids is 1. The molecule has 1 fully saturated rings. The predicted molar refractivity (Wildman–Crippen MR) is 82.4 cm³/mol.